The van der Waals surface area contributed by atoms with Crippen LogP contribution in [0.15, 0.2) is 24.0 Å². The first-order chi connectivity index (χ1) is 8.09. The zero-order chi connectivity index (χ0) is 12.5. The van der Waals surface area contributed by atoms with E-state index in [1.165, 1.54) is 6.42 Å². The molecule has 0 radical (unpaired) electrons. The fourth-order valence-corrected chi connectivity index (χ4v) is 3.07. The standard InChI is InChI=1S/C15H22O2/c1-4-12-9-15(3,8-7-11(12)2)14-6-5-13(10-16)17-14/h5,7-8,10-12,14H,4,6,9H2,1-3H3. The number of ether oxygens (including phenoxy) is 1. The summed E-state index contributed by atoms with van der Waals surface area (Å²) in [5, 5.41) is 0. The molecule has 0 aromatic heterocycles. The molecule has 2 heteroatoms. The van der Waals surface area contributed by atoms with Gasteiger partial charge in [-0.15, -0.1) is 0 Å². The molecule has 2 rings (SSSR count). The summed E-state index contributed by atoms with van der Waals surface area (Å²) >= 11 is 0. The highest BCUT2D eigenvalue weighted by atomic mass is 16.5. The molecule has 94 valence electrons. The highest BCUT2D eigenvalue weighted by molar-refractivity contribution is 5.70. The Morgan fingerprint density at radius 1 is 1.59 bits per heavy atom. The Kier molecular flexibility index (Phi) is 3.41. The highest BCUT2D eigenvalue weighted by Gasteiger charge is 2.40. The summed E-state index contributed by atoms with van der Waals surface area (Å²) in [6.45, 7) is 6.80. The first kappa shape index (κ1) is 12.4. The van der Waals surface area contributed by atoms with Gasteiger partial charge in [-0.2, -0.15) is 0 Å². The molecule has 4 atom stereocenters. The van der Waals surface area contributed by atoms with Crippen LogP contribution in [0.2, 0.25) is 0 Å². The molecule has 0 spiro atoms. The maximum atomic E-state index is 10.7. The molecule has 0 aromatic rings. The van der Waals surface area contributed by atoms with Crippen molar-refractivity contribution in [2.45, 2.75) is 46.1 Å². The van der Waals surface area contributed by atoms with E-state index >= 15 is 0 Å². The van der Waals surface area contributed by atoms with Gasteiger partial charge in [0.2, 0.25) is 0 Å². The molecular weight excluding hydrogens is 212 g/mol. The fourth-order valence-electron chi connectivity index (χ4n) is 3.07. The minimum Gasteiger partial charge on any atom is -0.486 e. The summed E-state index contributed by atoms with van der Waals surface area (Å²) < 4.78 is 5.72. The van der Waals surface area contributed by atoms with Gasteiger partial charge in [-0.25, -0.2) is 0 Å². The van der Waals surface area contributed by atoms with Crippen LogP contribution >= 0.6 is 0 Å². The van der Waals surface area contributed by atoms with Gasteiger partial charge in [0.25, 0.3) is 0 Å². The molecular formula is C15H22O2. The number of aldehydes is 1. The van der Waals surface area contributed by atoms with Gasteiger partial charge in [-0.05, 0) is 24.3 Å². The second-order valence-electron chi connectivity index (χ2n) is 5.66. The second kappa shape index (κ2) is 4.67. The van der Waals surface area contributed by atoms with Gasteiger partial charge in [0.15, 0.2) is 12.0 Å². The van der Waals surface area contributed by atoms with Crippen molar-refractivity contribution in [3.05, 3.63) is 24.0 Å². The normalized spacial score (nSPS) is 40.9. The van der Waals surface area contributed by atoms with E-state index in [4.69, 9.17) is 4.74 Å². The van der Waals surface area contributed by atoms with E-state index in [0.717, 1.165) is 25.0 Å². The van der Waals surface area contributed by atoms with Gasteiger partial charge in [0.1, 0.15) is 6.10 Å². The second-order valence-corrected chi connectivity index (χ2v) is 5.66. The molecule has 0 saturated carbocycles. The molecule has 0 aromatic carbocycles. The lowest BCUT2D eigenvalue weighted by Crippen LogP contribution is -2.36. The maximum Gasteiger partial charge on any atom is 0.184 e. The van der Waals surface area contributed by atoms with Crippen LogP contribution in [0.4, 0.5) is 0 Å². The van der Waals surface area contributed by atoms with Crippen LogP contribution in [0.25, 0.3) is 0 Å². The first-order valence-electron chi connectivity index (χ1n) is 6.60. The predicted molar refractivity (Wildman–Crippen MR) is 68.4 cm³/mol. The van der Waals surface area contributed by atoms with Crippen LogP contribution in [-0.2, 0) is 9.53 Å². The zero-order valence-corrected chi connectivity index (χ0v) is 11.0. The smallest absolute Gasteiger partial charge is 0.184 e. The summed E-state index contributed by atoms with van der Waals surface area (Å²) in [6, 6.07) is 0. The molecule has 1 heterocycles. The average molecular weight is 234 g/mol. The lowest BCUT2D eigenvalue weighted by Gasteiger charge is -2.40. The Bertz CT molecular complexity index is 356. The molecule has 0 saturated heterocycles. The van der Waals surface area contributed by atoms with Gasteiger partial charge >= 0.3 is 0 Å². The molecule has 1 aliphatic carbocycles. The van der Waals surface area contributed by atoms with Crippen LogP contribution in [0.1, 0.15) is 40.0 Å². The van der Waals surface area contributed by atoms with E-state index in [1.807, 2.05) is 6.08 Å². The van der Waals surface area contributed by atoms with Crippen molar-refractivity contribution in [1.29, 1.82) is 0 Å². The van der Waals surface area contributed by atoms with E-state index < -0.39 is 0 Å². The molecule has 2 nitrogen and oxygen atoms in total. The Morgan fingerprint density at radius 3 is 2.94 bits per heavy atom. The number of allylic oxidation sites excluding steroid dienone is 2. The molecule has 0 bridgehead atoms. The minimum atomic E-state index is 0.0778. The quantitative estimate of drug-likeness (QED) is 0.552. The number of hydrogen-bond donors (Lipinski definition) is 0. The predicted octanol–water partition coefficient (Wildman–Crippen LogP) is 3.49. The van der Waals surface area contributed by atoms with Crippen molar-refractivity contribution >= 4 is 6.29 Å². The molecule has 1 aliphatic heterocycles. The van der Waals surface area contributed by atoms with Crippen molar-refractivity contribution in [1.82, 2.24) is 0 Å². The SMILES string of the molecule is CCC1CC(C)(C2CC=C(C=O)O2)C=CC1C. The monoisotopic (exact) mass is 234 g/mol. The lowest BCUT2D eigenvalue weighted by molar-refractivity contribution is -0.109. The molecule has 0 fully saturated rings. The Labute approximate surface area is 104 Å². The summed E-state index contributed by atoms with van der Waals surface area (Å²) in [4.78, 5) is 10.7. The minimum absolute atomic E-state index is 0.0778. The van der Waals surface area contributed by atoms with Crippen LogP contribution in [0, 0.1) is 17.3 Å². The number of rotatable bonds is 3. The Hall–Kier alpha value is -1.05. The number of carbonyl (C=O) groups is 1. The van der Waals surface area contributed by atoms with E-state index in [9.17, 15) is 4.79 Å². The third kappa shape index (κ3) is 2.31. The van der Waals surface area contributed by atoms with Crippen molar-refractivity contribution in [3.8, 4) is 0 Å². The number of hydrogen-bond acceptors (Lipinski definition) is 2. The average Bonchev–Trinajstić information content (AvgIpc) is 2.82. The summed E-state index contributed by atoms with van der Waals surface area (Å²) in [5.41, 5.74) is 0.0778. The van der Waals surface area contributed by atoms with Crippen LogP contribution in [0.5, 0.6) is 0 Å². The maximum absolute atomic E-state index is 10.7. The Morgan fingerprint density at radius 2 is 2.35 bits per heavy atom. The van der Waals surface area contributed by atoms with E-state index in [-0.39, 0.29) is 11.5 Å². The van der Waals surface area contributed by atoms with Crippen molar-refractivity contribution in [2.75, 3.05) is 0 Å². The lowest BCUT2D eigenvalue weighted by atomic mass is 9.67. The Balaban J connectivity index is 2.10. The highest BCUT2D eigenvalue weighted by Crippen LogP contribution is 2.44. The van der Waals surface area contributed by atoms with Crippen LogP contribution < -0.4 is 0 Å². The molecule has 4 unspecified atom stereocenters. The topological polar surface area (TPSA) is 26.3 Å². The van der Waals surface area contributed by atoms with Crippen molar-refractivity contribution < 1.29 is 9.53 Å². The van der Waals surface area contributed by atoms with Gasteiger partial charge < -0.3 is 4.74 Å². The summed E-state index contributed by atoms with van der Waals surface area (Å²) in [7, 11) is 0. The molecule has 17 heavy (non-hydrogen) atoms. The van der Waals surface area contributed by atoms with Gasteiger partial charge in [0, 0.05) is 11.8 Å². The first-order valence-corrected chi connectivity index (χ1v) is 6.60. The van der Waals surface area contributed by atoms with Crippen LogP contribution in [0.3, 0.4) is 0 Å². The third-order valence-corrected chi connectivity index (χ3v) is 4.41. The van der Waals surface area contributed by atoms with Gasteiger partial charge in [0.05, 0.1) is 0 Å². The largest absolute Gasteiger partial charge is 0.486 e. The molecule has 0 amide bonds. The summed E-state index contributed by atoms with van der Waals surface area (Å²) in [6.07, 6.45) is 10.7. The summed E-state index contributed by atoms with van der Waals surface area (Å²) in [5.74, 6) is 1.90. The van der Waals surface area contributed by atoms with E-state index in [0.29, 0.717) is 11.7 Å². The zero-order valence-electron chi connectivity index (χ0n) is 11.0. The van der Waals surface area contributed by atoms with Crippen LogP contribution in [-0.4, -0.2) is 12.4 Å². The van der Waals surface area contributed by atoms with Gasteiger partial charge in [-0.1, -0.05) is 39.3 Å². The van der Waals surface area contributed by atoms with Gasteiger partial charge in [-0.3, -0.25) is 4.79 Å². The van der Waals surface area contributed by atoms with Crippen molar-refractivity contribution in [3.63, 3.8) is 0 Å². The van der Waals surface area contributed by atoms with Crippen molar-refractivity contribution in [2.24, 2.45) is 17.3 Å². The van der Waals surface area contributed by atoms with E-state index in [2.05, 4.69) is 32.9 Å². The molecule has 2 aliphatic rings. The molecule has 0 N–H and O–H groups in total. The fraction of sp³-hybridized carbons (Fsp3) is 0.667. The van der Waals surface area contributed by atoms with E-state index in [1.54, 1.807) is 0 Å². The third-order valence-electron chi connectivity index (χ3n) is 4.41. The number of carbonyl (C=O) groups excluding carboxylic acids is 1.